The van der Waals surface area contributed by atoms with E-state index in [0.29, 0.717) is 17.9 Å². The molecule has 0 spiro atoms. The number of likely N-dealkylation sites (tertiary alicyclic amines) is 1. The summed E-state index contributed by atoms with van der Waals surface area (Å²) in [6, 6.07) is 0.436. The highest BCUT2D eigenvalue weighted by molar-refractivity contribution is 9.09. The van der Waals surface area contributed by atoms with Crippen molar-refractivity contribution in [2.75, 3.05) is 11.9 Å². The van der Waals surface area contributed by atoms with E-state index in [0.717, 1.165) is 30.6 Å². The summed E-state index contributed by atoms with van der Waals surface area (Å²) in [7, 11) is 0. The molecule has 2 nitrogen and oxygen atoms in total. The average Bonchev–Trinajstić information content (AvgIpc) is 2.94. The largest absolute Gasteiger partial charge is 0.339 e. The molecule has 2 atom stereocenters. The Hall–Kier alpha value is -0.0500. The summed E-state index contributed by atoms with van der Waals surface area (Å²) in [5, 5.41) is 0.934. The van der Waals surface area contributed by atoms with Gasteiger partial charge < -0.3 is 4.90 Å². The van der Waals surface area contributed by atoms with E-state index >= 15 is 0 Å². The molecule has 98 valence electrons. The first-order valence-corrected chi connectivity index (χ1v) is 8.20. The lowest BCUT2D eigenvalue weighted by Crippen LogP contribution is -2.38. The quantitative estimate of drug-likeness (QED) is 0.727. The first-order chi connectivity index (χ1) is 8.22. The summed E-state index contributed by atoms with van der Waals surface area (Å²) in [5.74, 6) is 1.89. The predicted octanol–water partition coefficient (Wildman–Crippen LogP) is 3.59. The van der Waals surface area contributed by atoms with Gasteiger partial charge in [-0.25, -0.2) is 0 Å². The molecule has 0 aromatic heterocycles. The van der Waals surface area contributed by atoms with Gasteiger partial charge in [-0.3, -0.25) is 4.79 Å². The topological polar surface area (TPSA) is 20.3 Å². The lowest BCUT2D eigenvalue weighted by atomic mass is 10.0. The van der Waals surface area contributed by atoms with Crippen molar-refractivity contribution in [1.29, 1.82) is 0 Å². The van der Waals surface area contributed by atoms with Crippen LogP contribution in [-0.2, 0) is 4.79 Å². The third kappa shape index (κ3) is 3.24. The molecule has 0 N–H and O–H groups in total. The standard InChI is InChI=1S/C14H24BrNO/c1-11-8-9-16(13(11)10-15)14(17)7-6-12-4-2-3-5-12/h11-13H,2-10H2,1H3. The van der Waals surface area contributed by atoms with Crippen molar-refractivity contribution in [3.63, 3.8) is 0 Å². The minimum Gasteiger partial charge on any atom is -0.339 e. The highest BCUT2D eigenvalue weighted by Gasteiger charge is 2.33. The first-order valence-electron chi connectivity index (χ1n) is 7.07. The molecule has 1 heterocycles. The van der Waals surface area contributed by atoms with Gasteiger partial charge in [-0.05, 0) is 24.7 Å². The summed E-state index contributed by atoms with van der Waals surface area (Å²) in [6.07, 6.45) is 8.54. The summed E-state index contributed by atoms with van der Waals surface area (Å²) in [5.41, 5.74) is 0. The van der Waals surface area contributed by atoms with Crippen LogP contribution < -0.4 is 0 Å². The molecule has 2 aliphatic rings. The Morgan fingerprint density at radius 1 is 1.29 bits per heavy atom. The Morgan fingerprint density at radius 3 is 2.65 bits per heavy atom. The Kier molecular flexibility index (Phi) is 4.89. The fourth-order valence-electron chi connectivity index (χ4n) is 3.32. The number of hydrogen-bond acceptors (Lipinski definition) is 1. The maximum absolute atomic E-state index is 12.2. The van der Waals surface area contributed by atoms with Crippen molar-refractivity contribution in [1.82, 2.24) is 4.90 Å². The van der Waals surface area contributed by atoms with E-state index in [1.807, 2.05) is 0 Å². The van der Waals surface area contributed by atoms with Gasteiger partial charge in [-0.2, -0.15) is 0 Å². The summed E-state index contributed by atoms with van der Waals surface area (Å²) in [6.45, 7) is 3.23. The highest BCUT2D eigenvalue weighted by Crippen LogP contribution is 2.30. The van der Waals surface area contributed by atoms with E-state index in [-0.39, 0.29) is 0 Å². The molecule has 1 amide bonds. The minimum atomic E-state index is 0.394. The third-order valence-electron chi connectivity index (χ3n) is 4.60. The van der Waals surface area contributed by atoms with Gasteiger partial charge in [0.1, 0.15) is 0 Å². The maximum Gasteiger partial charge on any atom is 0.222 e. The molecule has 0 bridgehead atoms. The fourth-order valence-corrected chi connectivity index (χ4v) is 4.31. The van der Waals surface area contributed by atoms with Gasteiger partial charge in [0.15, 0.2) is 0 Å². The van der Waals surface area contributed by atoms with Gasteiger partial charge >= 0.3 is 0 Å². The number of nitrogens with zero attached hydrogens (tertiary/aromatic N) is 1. The van der Waals surface area contributed by atoms with Gasteiger partial charge in [0.25, 0.3) is 0 Å². The van der Waals surface area contributed by atoms with Crippen molar-refractivity contribution >= 4 is 21.8 Å². The molecule has 17 heavy (non-hydrogen) atoms. The van der Waals surface area contributed by atoms with Crippen LogP contribution in [0.2, 0.25) is 0 Å². The van der Waals surface area contributed by atoms with Crippen LogP contribution in [-0.4, -0.2) is 28.7 Å². The molecule has 1 saturated carbocycles. The molecule has 1 saturated heterocycles. The number of alkyl halides is 1. The minimum absolute atomic E-state index is 0.394. The molecule has 1 aliphatic heterocycles. The van der Waals surface area contributed by atoms with Crippen LogP contribution in [0.25, 0.3) is 0 Å². The monoisotopic (exact) mass is 301 g/mol. The number of rotatable bonds is 4. The van der Waals surface area contributed by atoms with E-state index in [4.69, 9.17) is 0 Å². The van der Waals surface area contributed by atoms with Gasteiger partial charge in [-0.15, -0.1) is 0 Å². The summed E-state index contributed by atoms with van der Waals surface area (Å²) in [4.78, 5) is 14.3. The molecule has 2 unspecified atom stereocenters. The smallest absolute Gasteiger partial charge is 0.222 e. The van der Waals surface area contributed by atoms with E-state index in [1.54, 1.807) is 0 Å². The van der Waals surface area contributed by atoms with Crippen LogP contribution in [0.1, 0.15) is 51.9 Å². The molecular formula is C14H24BrNO. The molecule has 3 heteroatoms. The van der Waals surface area contributed by atoms with Crippen LogP contribution in [0.15, 0.2) is 0 Å². The number of amides is 1. The van der Waals surface area contributed by atoms with Gasteiger partial charge in [0.2, 0.25) is 5.91 Å². The number of halogens is 1. The Bertz CT molecular complexity index is 263. The molecule has 2 rings (SSSR count). The zero-order valence-corrected chi connectivity index (χ0v) is 12.4. The first kappa shape index (κ1) is 13.4. The van der Waals surface area contributed by atoms with Crippen LogP contribution >= 0.6 is 15.9 Å². The van der Waals surface area contributed by atoms with E-state index in [2.05, 4.69) is 27.8 Å². The Balaban J connectivity index is 1.78. The van der Waals surface area contributed by atoms with Gasteiger partial charge in [-0.1, -0.05) is 48.5 Å². The highest BCUT2D eigenvalue weighted by atomic mass is 79.9. The average molecular weight is 302 g/mol. The molecule has 0 radical (unpaired) electrons. The van der Waals surface area contributed by atoms with Crippen LogP contribution in [0.3, 0.4) is 0 Å². The Morgan fingerprint density at radius 2 is 2.00 bits per heavy atom. The van der Waals surface area contributed by atoms with Crippen molar-refractivity contribution in [3.8, 4) is 0 Å². The van der Waals surface area contributed by atoms with E-state index < -0.39 is 0 Å². The summed E-state index contributed by atoms with van der Waals surface area (Å²) < 4.78 is 0. The second kappa shape index (κ2) is 6.21. The molecule has 0 aromatic rings. The zero-order valence-electron chi connectivity index (χ0n) is 10.8. The fraction of sp³-hybridized carbons (Fsp3) is 0.929. The molecular weight excluding hydrogens is 278 g/mol. The zero-order chi connectivity index (χ0) is 12.3. The van der Waals surface area contributed by atoms with E-state index in [9.17, 15) is 4.79 Å². The van der Waals surface area contributed by atoms with Crippen LogP contribution in [0.4, 0.5) is 0 Å². The molecule has 0 aromatic carbocycles. The van der Waals surface area contributed by atoms with Crippen LogP contribution in [0.5, 0.6) is 0 Å². The van der Waals surface area contributed by atoms with Crippen molar-refractivity contribution in [2.45, 2.75) is 57.9 Å². The number of hydrogen-bond donors (Lipinski definition) is 0. The maximum atomic E-state index is 12.2. The molecule has 1 aliphatic carbocycles. The number of carbonyl (C=O) groups excluding carboxylic acids is 1. The van der Waals surface area contributed by atoms with Crippen molar-refractivity contribution < 1.29 is 4.79 Å². The normalized spacial score (nSPS) is 30.1. The van der Waals surface area contributed by atoms with Crippen molar-refractivity contribution in [3.05, 3.63) is 0 Å². The number of carbonyl (C=O) groups is 1. The predicted molar refractivity (Wildman–Crippen MR) is 74.3 cm³/mol. The molecule has 2 fully saturated rings. The second-order valence-corrected chi connectivity index (χ2v) is 6.41. The van der Waals surface area contributed by atoms with Gasteiger partial charge in [0.05, 0.1) is 0 Å². The van der Waals surface area contributed by atoms with E-state index in [1.165, 1.54) is 32.1 Å². The Labute approximate surface area is 113 Å². The SMILES string of the molecule is CC1CCN(C(=O)CCC2CCCC2)C1CBr. The van der Waals surface area contributed by atoms with Crippen molar-refractivity contribution in [2.24, 2.45) is 11.8 Å². The lowest BCUT2D eigenvalue weighted by Gasteiger charge is -2.25. The second-order valence-electron chi connectivity index (χ2n) is 5.76. The summed E-state index contributed by atoms with van der Waals surface area (Å²) >= 11 is 3.55. The third-order valence-corrected chi connectivity index (χ3v) is 5.27. The van der Waals surface area contributed by atoms with Crippen LogP contribution in [0, 0.1) is 11.8 Å². The lowest BCUT2D eigenvalue weighted by molar-refractivity contribution is -0.132. The van der Waals surface area contributed by atoms with Gasteiger partial charge in [0, 0.05) is 24.3 Å².